The maximum Gasteiger partial charge on any atom is 0.412 e. The Morgan fingerprint density at radius 3 is 2.44 bits per heavy atom. The highest BCUT2D eigenvalue weighted by molar-refractivity contribution is 7.14. The summed E-state index contributed by atoms with van der Waals surface area (Å²) in [6, 6.07) is 16.2. The summed E-state index contributed by atoms with van der Waals surface area (Å²) in [5.41, 5.74) is 1.96. The summed E-state index contributed by atoms with van der Waals surface area (Å²) >= 11 is 1.36. The number of benzene rings is 1. The number of para-hydroxylation sites is 2. The summed E-state index contributed by atoms with van der Waals surface area (Å²) in [5.74, 6) is 0.206. The summed E-state index contributed by atoms with van der Waals surface area (Å²) in [5, 5.41) is 8.74. The third-order valence-electron chi connectivity index (χ3n) is 4.73. The minimum atomic E-state index is -0.630. The van der Waals surface area contributed by atoms with Crippen LogP contribution in [0.2, 0.25) is 0 Å². The Morgan fingerprint density at radius 1 is 0.944 bits per heavy atom. The van der Waals surface area contributed by atoms with Gasteiger partial charge in [0.05, 0.1) is 28.5 Å². The molecule has 1 aromatic carbocycles. The molecule has 3 N–H and O–H groups in total. The van der Waals surface area contributed by atoms with Crippen LogP contribution in [-0.2, 0) is 11.3 Å². The lowest BCUT2D eigenvalue weighted by Gasteiger charge is -2.20. The van der Waals surface area contributed by atoms with Crippen molar-refractivity contribution in [1.29, 1.82) is 0 Å². The van der Waals surface area contributed by atoms with Crippen molar-refractivity contribution in [1.82, 2.24) is 15.0 Å². The van der Waals surface area contributed by atoms with E-state index in [1.165, 1.54) is 11.3 Å². The molecule has 10 heteroatoms. The largest absolute Gasteiger partial charge is 0.444 e. The number of anilines is 3. The summed E-state index contributed by atoms with van der Waals surface area (Å²) in [6.07, 6.45) is 4.55. The molecule has 0 aliphatic rings. The first kappa shape index (κ1) is 24.8. The number of nitrogens with zero attached hydrogens (tertiary/aromatic N) is 3. The molecular formula is C26H26N6O3S. The number of ether oxygens (including phenoxy) is 1. The predicted molar refractivity (Wildman–Crippen MR) is 141 cm³/mol. The Balaban J connectivity index is 1.37. The van der Waals surface area contributed by atoms with Crippen molar-refractivity contribution in [3.63, 3.8) is 0 Å². The highest BCUT2D eigenvalue weighted by Crippen LogP contribution is 2.25. The van der Waals surface area contributed by atoms with Crippen LogP contribution in [0.1, 0.15) is 35.3 Å². The van der Waals surface area contributed by atoms with Crippen molar-refractivity contribution >= 4 is 40.7 Å². The van der Waals surface area contributed by atoms with Crippen LogP contribution in [0.25, 0.3) is 11.3 Å². The molecule has 3 heterocycles. The first-order valence-corrected chi connectivity index (χ1v) is 12.0. The van der Waals surface area contributed by atoms with Crippen molar-refractivity contribution in [2.24, 2.45) is 0 Å². The zero-order chi connectivity index (χ0) is 25.5. The van der Waals surface area contributed by atoms with Crippen LogP contribution in [0.3, 0.4) is 0 Å². The van der Waals surface area contributed by atoms with E-state index in [4.69, 9.17) is 4.74 Å². The first-order valence-electron chi connectivity index (χ1n) is 11.2. The molecule has 0 saturated heterocycles. The van der Waals surface area contributed by atoms with Gasteiger partial charge >= 0.3 is 6.09 Å². The molecule has 0 aliphatic heterocycles. The minimum absolute atomic E-state index is 0.278. The highest BCUT2D eigenvalue weighted by atomic mass is 32.1. The molecule has 0 unspecified atom stereocenters. The number of aromatic nitrogens is 3. The number of amides is 2. The average Bonchev–Trinajstić information content (AvgIpc) is 3.33. The normalized spacial score (nSPS) is 11.0. The quantitative estimate of drug-likeness (QED) is 0.292. The van der Waals surface area contributed by atoms with Gasteiger partial charge in [0.1, 0.15) is 5.60 Å². The third kappa shape index (κ3) is 6.86. The van der Waals surface area contributed by atoms with Gasteiger partial charge in [0.25, 0.3) is 5.91 Å². The standard InChI is InChI=1S/C26H26N6O3S/c1-26(2,3)35-25(34)32-21-9-5-4-8-20(21)30-23(33)22-11-10-18(36-22)16-29-24-28-14-12-19(31-24)17-7-6-13-27-15-17/h4-15H,16H2,1-3H3,(H,30,33)(H,32,34)(H,28,29,31). The molecule has 0 radical (unpaired) electrons. The monoisotopic (exact) mass is 502 g/mol. The molecule has 0 aliphatic carbocycles. The van der Waals surface area contributed by atoms with Crippen molar-refractivity contribution < 1.29 is 14.3 Å². The molecule has 184 valence electrons. The number of hydrogen-bond acceptors (Lipinski definition) is 8. The van der Waals surface area contributed by atoms with Crippen LogP contribution in [-0.4, -0.2) is 32.6 Å². The van der Waals surface area contributed by atoms with Crippen molar-refractivity contribution in [2.45, 2.75) is 32.9 Å². The van der Waals surface area contributed by atoms with E-state index >= 15 is 0 Å². The van der Waals surface area contributed by atoms with Gasteiger partial charge in [0.15, 0.2) is 0 Å². The van der Waals surface area contributed by atoms with Crippen LogP contribution >= 0.6 is 11.3 Å². The molecule has 0 bridgehead atoms. The van der Waals surface area contributed by atoms with Crippen LogP contribution in [0, 0.1) is 0 Å². The SMILES string of the molecule is CC(C)(C)OC(=O)Nc1ccccc1NC(=O)c1ccc(CNc2nccc(-c3cccnc3)n2)s1. The molecule has 4 aromatic rings. The number of nitrogens with one attached hydrogen (secondary N) is 3. The molecule has 3 aromatic heterocycles. The van der Waals surface area contributed by atoms with Crippen molar-refractivity contribution in [2.75, 3.05) is 16.0 Å². The lowest BCUT2D eigenvalue weighted by Crippen LogP contribution is -2.27. The Bertz CT molecular complexity index is 1350. The Labute approximate surface area is 213 Å². The van der Waals surface area contributed by atoms with Crippen LogP contribution in [0.15, 0.2) is 73.2 Å². The van der Waals surface area contributed by atoms with E-state index in [-0.39, 0.29) is 5.91 Å². The zero-order valence-corrected chi connectivity index (χ0v) is 20.9. The average molecular weight is 503 g/mol. The predicted octanol–water partition coefficient (Wildman–Crippen LogP) is 5.81. The molecule has 0 saturated carbocycles. The molecule has 0 fully saturated rings. The van der Waals surface area contributed by atoms with E-state index in [1.807, 2.05) is 24.3 Å². The number of rotatable bonds is 7. The molecule has 36 heavy (non-hydrogen) atoms. The maximum atomic E-state index is 12.9. The molecule has 0 spiro atoms. The molecular weight excluding hydrogens is 476 g/mol. The lowest BCUT2D eigenvalue weighted by molar-refractivity contribution is 0.0635. The topological polar surface area (TPSA) is 118 Å². The van der Waals surface area contributed by atoms with Crippen molar-refractivity contribution in [3.05, 3.63) is 82.9 Å². The smallest absolute Gasteiger partial charge is 0.412 e. The lowest BCUT2D eigenvalue weighted by atomic mass is 10.2. The van der Waals surface area contributed by atoms with E-state index < -0.39 is 11.7 Å². The van der Waals surface area contributed by atoms with Gasteiger partial charge in [-0.2, -0.15) is 0 Å². The van der Waals surface area contributed by atoms with Crippen LogP contribution in [0.4, 0.5) is 22.1 Å². The van der Waals surface area contributed by atoms with E-state index in [9.17, 15) is 9.59 Å². The summed E-state index contributed by atoms with van der Waals surface area (Å²) in [4.78, 5) is 39.4. The highest BCUT2D eigenvalue weighted by Gasteiger charge is 2.18. The first-order chi connectivity index (χ1) is 17.3. The summed E-state index contributed by atoms with van der Waals surface area (Å²) in [7, 11) is 0. The van der Waals surface area contributed by atoms with Crippen LogP contribution < -0.4 is 16.0 Å². The van der Waals surface area contributed by atoms with Gasteiger partial charge in [-0.1, -0.05) is 12.1 Å². The molecule has 0 atom stereocenters. The number of carbonyl (C=O) groups is 2. The van der Waals surface area contributed by atoms with Gasteiger partial charge in [-0.05, 0) is 63.2 Å². The zero-order valence-electron chi connectivity index (χ0n) is 20.1. The maximum absolute atomic E-state index is 12.9. The number of hydrogen-bond donors (Lipinski definition) is 3. The fraction of sp³-hybridized carbons (Fsp3) is 0.192. The Morgan fingerprint density at radius 2 is 1.72 bits per heavy atom. The van der Waals surface area contributed by atoms with E-state index in [0.29, 0.717) is 28.7 Å². The number of pyridine rings is 1. The second-order valence-electron chi connectivity index (χ2n) is 8.75. The Hall–Kier alpha value is -4.31. The summed E-state index contributed by atoms with van der Waals surface area (Å²) < 4.78 is 5.30. The fourth-order valence-electron chi connectivity index (χ4n) is 3.18. The number of carbonyl (C=O) groups excluding carboxylic acids is 2. The van der Waals surface area contributed by atoms with E-state index in [2.05, 4.69) is 30.9 Å². The molecule has 2 amide bonds. The second-order valence-corrected chi connectivity index (χ2v) is 9.92. The molecule has 9 nitrogen and oxygen atoms in total. The van der Waals surface area contributed by atoms with Gasteiger partial charge in [-0.15, -0.1) is 11.3 Å². The molecule has 4 rings (SSSR count). The van der Waals surface area contributed by atoms with Crippen LogP contribution in [0.5, 0.6) is 0 Å². The Kier molecular flexibility index (Phi) is 7.55. The number of thiophene rings is 1. The van der Waals surface area contributed by atoms with Gasteiger partial charge in [-0.3, -0.25) is 15.1 Å². The summed E-state index contributed by atoms with van der Waals surface area (Å²) in [6.45, 7) is 5.82. The third-order valence-corrected chi connectivity index (χ3v) is 5.81. The second kappa shape index (κ2) is 11.0. The van der Waals surface area contributed by atoms with E-state index in [1.54, 1.807) is 69.7 Å². The van der Waals surface area contributed by atoms with Gasteiger partial charge in [0, 0.05) is 29.0 Å². The fourth-order valence-corrected chi connectivity index (χ4v) is 4.02. The van der Waals surface area contributed by atoms with E-state index in [0.717, 1.165) is 16.1 Å². The van der Waals surface area contributed by atoms with Crippen molar-refractivity contribution in [3.8, 4) is 11.3 Å². The van der Waals surface area contributed by atoms with Gasteiger partial charge in [0.2, 0.25) is 5.95 Å². The van der Waals surface area contributed by atoms with Gasteiger partial charge in [-0.25, -0.2) is 14.8 Å². The minimum Gasteiger partial charge on any atom is -0.444 e. The van der Waals surface area contributed by atoms with Gasteiger partial charge < -0.3 is 15.4 Å².